The van der Waals surface area contributed by atoms with Gasteiger partial charge < -0.3 is 15.5 Å². The second-order valence-corrected chi connectivity index (χ2v) is 7.37. The van der Waals surface area contributed by atoms with Gasteiger partial charge in [-0.05, 0) is 50.7 Å². The lowest BCUT2D eigenvalue weighted by molar-refractivity contribution is -0.136. The molecule has 0 radical (unpaired) electrons. The van der Waals surface area contributed by atoms with Crippen molar-refractivity contribution in [3.8, 4) is 0 Å². The van der Waals surface area contributed by atoms with Gasteiger partial charge in [0.2, 0.25) is 5.91 Å². The van der Waals surface area contributed by atoms with Crippen LogP contribution in [-0.4, -0.2) is 36.0 Å². The zero-order chi connectivity index (χ0) is 19.1. The maximum atomic E-state index is 12.4. The summed E-state index contributed by atoms with van der Waals surface area (Å²) in [4.78, 5) is 26.6. The van der Waals surface area contributed by atoms with Crippen LogP contribution >= 0.6 is 0 Å². The predicted octanol–water partition coefficient (Wildman–Crippen LogP) is 3.53. The zero-order valence-electron chi connectivity index (χ0n) is 16.6. The molecule has 1 aliphatic rings. The number of aryl methyl sites for hydroxylation is 2. The van der Waals surface area contributed by atoms with Crippen molar-refractivity contribution in [3.63, 3.8) is 0 Å². The van der Waals surface area contributed by atoms with E-state index in [4.69, 9.17) is 0 Å². The molecule has 26 heavy (non-hydrogen) atoms. The van der Waals surface area contributed by atoms with Crippen molar-refractivity contribution in [2.45, 2.75) is 66.0 Å². The van der Waals surface area contributed by atoms with Crippen LogP contribution in [0.25, 0.3) is 0 Å². The Bertz CT molecular complexity index is 618. The Labute approximate surface area is 157 Å². The number of nitrogens with zero attached hydrogens (tertiary/aromatic N) is 1. The van der Waals surface area contributed by atoms with Crippen molar-refractivity contribution < 1.29 is 9.59 Å². The average molecular weight is 360 g/mol. The molecule has 1 fully saturated rings. The first-order chi connectivity index (χ1) is 12.4. The van der Waals surface area contributed by atoms with E-state index < -0.39 is 0 Å². The van der Waals surface area contributed by atoms with Crippen LogP contribution in [0.4, 0.5) is 4.79 Å². The molecule has 1 heterocycles. The lowest BCUT2D eigenvalue weighted by atomic mass is 9.98. The van der Waals surface area contributed by atoms with Gasteiger partial charge in [-0.1, -0.05) is 37.6 Å². The first-order valence-electron chi connectivity index (χ1n) is 9.83. The molecule has 1 aromatic carbocycles. The fourth-order valence-corrected chi connectivity index (χ4v) is 3.60. The molecule has 3 amide bonds. The molecule has 0 atom stereocenters. The van der Waals surface area contributed by atoms with E-state index in [0.29, 0.717) is 6.54 Å². The summed E-state index contributed by atoms with van der Waals surface area (Å²) in [5, 5.41) is 6.00. The Hall–Kier alpha value is -2.04. The number of hydrogen-bond donors (Lipinski definition) is 2. The summed E-state index contributed by atoms with van der Waals surface area (Å²) in [5.74, 6) is 0.410. The summed E-state index contributed by atoms with van der Waals surface area (Å²) in [6.07, 6.45) is 3.44. The van der Waals surface area contributed by atoms with Gasteiger partial charge >= 0.3 is 6.03 Å². The summed E-state index contributed by atoms with van der Waals surface area (Å²) < 4.78 is 0. The van der Waals surface area contributed by atoms with Gasteiger partial charge in [0.1, 0.15) is 0 Å². The maximum absolute atomic E-state index is 12.4. The third kappa shape index (κ3) is 5.48. The summed E-state index contributed by atoms with van der Waals surface area (Å²) in [6.45, 7) is 10.3. The zero-order valence-corrected chi connectivity index (χ0v) is 16.6. The van der Waals surface area contributed by atoms with E-state index in [2.05, 4.69) is 56.5 Å². The first kappa shape index (κ1) is 20.3. The second kappa shape index (κ2) is 9.60. The highest BCUT2D eigenvalue weighted by atomic mass is 16.2. The Kier molecular flexibility index (Phi) is 7.49. The van der Waals surface area contributed by atoms with E-state index in [1.165, 1.54) is 11.1 Å². The van der Waals surface area contributed by atoms with Crippen molar-refractivity contribution in [2.75, 3.05) is 13.1 Å². The number of carbonyl (C=O) groups is 2. The van der Waals surface area contributed by atoms with Gasteiger partial charge in [-0.15, -0.1) is 0 Å². The van der Waals surface area contributed by atoms with Crippen LogP contribution in [0.1, 0.15) is 56.2 Å². The molecule has 1 saturated heterocycles. The van der Waals surface area contributed by atoms with Crippen molar-refractivity contribution >= 4 is 11.9 Å². The normalized spacial score (nSPS) is 15.2. The quantitative estimate of drug-likeness (QED) is 0.816. The fourth-order valence-electron chi connectivity index (χ4n) is 3.60. The lowest BCUT2D eigenvalue weighted by Crippen LogP contribution is -2.50. The molecule has 1 aliphatic heterocycles. The van der Waals surface area contributed by atoms with Crippen molar-refractivity contribution in [1.29, 1.82) is 0 Å². The maximum Gasteiger partial charge on any atom is 0.315 e. The molecule has 5 nitrogen and oxygen atoms in total. The number of urea groups is 1. The SMILES string of the molecule is CCC(CC)C(=O)N1CCC(NC(=O)NCc2ccc(C)cc2C)CC1. The molecule has 2 rings (SSSR count). The van der Waals surface area contributed by atoms with Gasteiger partial charge in [-0.3, -0.25) is 4.79 Å². The molecule has 0 bridgehead atoms. The molecule has 1 aromatic rings. The van der Waals surface area contributed by atoms with Crippen LogP contribution in [0.15, 0.2) is 18.2 Å². The van der Waals surface area contributed by atoms with E-state index in [1.807, 2.05) is 4.90 Å². The summed E-state index contributed by atoms with van der Waals surface area (Å²) in [5.41, 5.74) is 3.56. The Morgan fingerprint density at radius 1 is 1.15 bits per heavy atom. The second-order valence-electron chi connectivity index (χ2n) is 7.37. The molecule has 144 valence electrons. The van der Waals surface area contributed by atoms with Crippen molar-refractivity contribution in [2.24, 2.45) is 5.92 Å². The van der Waals surface area contributed by atoms with Crippen LogP contribution in [0.3, 0.4) is 0 Å². The van der Waals surface area contributed by atoms with E-state index in [1.54, 1.807) is 0 Å². The third-order valence-corrected chi connectivity index (χ3v) is 5.41. The summed E-state index contributed by atoms with van der Waals surface area (Å²) in [7, 11) is 0. The van der Waals surface area contributed by atoms with Gasteiger partial charge in [-0.25, -0.2) is 4.79 Å². The highest BCUT2D eigenvalue weighted by Gasteiger charge is 2.27. The minimum atomic E-state index is -0.130. The molecule has 0 aromatic heterocycles. The highest BCUT2D eigenvalue weighted by molar-refractivity contribution is 5.79. The molecular weight excluding hydrogens is 326 g/mol. The van der Waals surface area contributed by atoms with E-state index in [0.717, 1.165) is 44.3 Å². The highest BCUT2D eigenvalue weighted by Crippen LogP contribution is 2.17. The first-order valence-corrected chi connectivity index (χ1v) is 9.83. The number of piperidine rings is 1. The van der Waals surface area contributed by atoms with Crippen LogP contribution < -0.4 is 10.6 Å². The van der Waals surface area contributed by atoms with E-state index >= 15 is 0 Å². The molecule has 0 aliphatic carbocycles. The summed E-state index contributed by atoms with van der Waals surface area (Å²) >= 11 is 0. The number of benzene rings is 1. The Morgan fingerprint density at radius 3 is 2.38 bits per heavy atom. The van der Waals surface area contributed by atoms with Crippen LogP contribution in [-0.2, 0) is 11.3 Å². The van der Waals surface area contributed by atoms with Crippen molar-refractivity contribution in [3.05, 3.63) is 34.9 Å². The summed E-state index contributed by atoms with van der Waals surface area (Å²) in [6, 6.07) is 6.26. The van der Waals surface area contributed by atoms with Gasteiger partial charge in [0, 0.05) is 31.6 Å². The number of carbonyl (C=O) groups excluding carboxylic acids is 2. The molecule has 0 unspecified atom stereocenters. The minimum absolute atomic E-state index is 0.130. The van der Waals surface area contributed by atoms with Gasteiger partial charge in [0.05, 0.1) is 0 Å². The lowest BCUT2D eigenvalue weighted by Gasteiger charge is -2.34. The Balaban J connectivity index is 1.75. The number of amides is 3. The number of likely N-dealkylation sites (tertiary alicyclic amines) is 1. The van der Waals surface area contributed by atoms with Crippen LogP contribution in [0, 0.1) is 19.8 Å². The average Bonchev–Trinajstić information content (AvgIpc) is 2.62. The predicted molar refractivity (Wildman–Crippen MR) is 105 cm³/mol. The van der Waals surface area contributed by atoms with Gasteiger partial charge in [0.25, 0.3) is 0 Å². The Morgan fingerprint density at radius 2 is 1.81 bits per heavy atom. The van der Waals surface area contributed by atoms with Gasteiger partial charge in [0.15, 0.2) is 0 Å². The third-order valence-electron chi connectivity index (χ3n) is 5.41. The monoisotopic (exact) mass is 359 g/mol. The smallest absolute Gasteiger partial charge is 0.315 e. The minimum Gasteiger partial charge on any atom is -0.342 e. The molecule has 0 spiro atoms. The molecule has 2 N–H and O–H groups in total. The van der Waals surface area contributed by atoms with Crippen LogP contribution in [0.2, 0.25) is 0 Å². The number of hydrogen-bond acceptors (Lipinski definition) is 2. The van der Waals surface area contributed by atoms with Crippen molar-refractivity contribution in [1.82, 2.24) is 15.5 Å². The fraction of sp³-hybridized carbons (Fsp3) is 0.619. The van der Waals surface area contributed by atoms with Gasteiger partial charge in [-0.2, -0.15) is 0 Å². The van der Waals surface area contributed by atoms with E-state index in [-0.39, 0.29) is 23.9 Å². The largest absolute Gasteiger partial charge is 0.342 e. The van der Waals surface area contributed by atoms with Crippen LogP contribution in [0.5, 0.6) is 0 Å². The number of rotatable bonds is 6. The number of nitrogens with one attached hydrogen (secondary N) is 2. The van der Waals surface area contributed by atoms with E-state index in [9.17, 15) is 9.59 Å². The molecule has 5 heteroatoms. The topological polar surface area (TPSA) is 61.4 Å². The molecule has 0 saturated carbocycles. The molecular formula is C21H33N3O2. The standard InChI is InChI=1S/C21H33N3O2/c1-5-17(6-2)20(25)24-11-9-19(10-12-24)23-21(26)22-14-18-8-7-15(3)13-16(18)4/h7-8,13,17,19H,5-6,9-12,14H2,1-4H3,(H2,22,23,26).